The van der Waals surface area contributed by atoms with Crippen LogP contribution in [0.1, 0.15) is 15.9 Å². The third kappa shape index (κ3) is 3.52. The van der Waals surface area contributed by atoms with Crippen molar-refractivity contribution in [3.05, 3.63) is 77.9 Å². The maximum atomic E-state index is 12.7. The normalized spacial score (nSPS) is 10.9. The second-order valence-electron chi connectivity index (χ2n) is 5.98. The molecule has 0 bridgehead atoms. The summed E-state index contributed by atoms with van der Waals surface area (Å²) < 4.78 is 0. The minimum absolute atomic E-state index is 0.119. The van der Waals surface area contributed by atoms with Gasteiger partial charge >= 0.3 is 0 Å². The highest BCUT2D eigenvalue weighted by Crippen LogP contribution is 2.28. The third-order valence-electron chi connectivity index (χ3n) is 4.13. The molecule has 0 aliphatic carbocycles. The smallest absolute Gasteiger partial charge is 0.186 e. The Morgan fingerprint density at radius 1 is 0.731 bits per heavy atom. The second kappa shape index (κ2) is 7.03. The summed E-state index contributed by atoms with van der Waals surface area (Å²) in [4.78, 5) is 12.7. The molecule has 0 aliphatic heterocycles. The van der Waals surface area contributed by atoms with E-state index in [1.165, 1.54) is 6.08 Å². The van der Waals surface area contributed by atoms with Crippen LogP contribution in [0.25, 0.3) is 17.2 Å². The van der Waals surface area contributed by atoms with Crippen LogP contribution >= 0.6 is 0 Å². The van der Waals surface area contributed by atoms with Gasteiger partial charge in [-0.25, -0.2) is 0 Å². The van der Waals surface area contributed by atoms with Crippen LogP contribution in [0.3, 0.4) is 0 Å². The van der Waals surface area contributed by atoms with Crippen molar-refractivity contribution in [1.29, 1.82) is 0 Å². The monoisotopic (exact) mass is 344 g/mol. The van der Waals surface area contributed by atoms with Crippen LogP contribution in [0.2, 0.25) is 0 Å². The second-order valence-corrected chi connectivity index (χ2v) is 5.98. The first-order chi connectivity index (χ1) is 12.5. The molecule has 130 valence electrons. The summed E-state index contributed by atoms with van der Waals surface area (Å²) in [5.74, 6) is -0.119. The Morgan fingerprint density at radius 3 is 2.08 bits per heavy atom. The first-order valence-corrected chi connectivity index (χ1v) is 8.07. The van der Waals surface area contributed by atoms with Gasteiger partial charge in [-0.05, 0) is 47.0 Å². The van der Waals surface area contributed by atoms with Gasteiger partial charge in [0.05, 0.1) is 22.7 Å². The number of anilines is 4. The van der Waals surface area contributed by atoms with Gasteiger partial charge in [-0.2, -0.15) is 0 Å². The molecule has 0 aromatic heterocycles. The molecule has 0 fully saturated rings. The molecular weight excluding hydrogens is 324 g/mol. The highest BCUT2D eigenvalue weighted by atomic mass is 16.1. The quantitative estimate of drug-likeness (QED) is 0.327. The highest BCUT2D eigenvalue weighted by molar-refractivity contribution is 6.11. The summed E-state index contributed by atoms with van der Waals surface area (Å²) in [6.07, 6.45) is 3.23. The van der Waals surface area contributed by atoms with Gasteiger partial charge in [0.15, 0.2) is 5.78 Å². The Morgan fingerprint density at radius 2 is 1.38 bits per heavy atom. The van der Waals surface area contributed by atoms with Gasteiger partial charge in [-0.15, -0.1) is 0 Å². The molecule has 3 aromatic carbocycles. The molecule has 0 saturated heterocycles. The molecule has 8 N–H and O–H groups in total. The maximum Gasteiger partial charge on any atom is 0.186 e. The van der Waals surface area contributed by atoms with Gasteiger partial charge in [-0.1, -0.05) is 42.5 Å². The van der Waals surface area contributed by atoms with Gasteiger partial charge < -0.3 is 22.9 Å². The van der Waals surface area contributed by atoms with Gasteiger partial charge in [-0.3, -0.25) is 4.79 Å². The van der Waals surface area contributed by atoms with Crippen molar-refractivity contribution in [1.82, 2.24) is 0 Å². The molecule has 0 unspecified atom stereocenters. The summed E-state index contributed by atoms with van der Waals surface area (Å²) in [5.41, 5.74) is 28.2. The van der Waals surface area contributed by atoms with Crippen LogP contribution in [0.4, 0.5) is 22.7 Å². The van der Waals surface area contributed by atoms with Crippen LogP contribution in [0.15, 0.2) is 66.7 Å². The van der Waals surface area contributed by atoms with Crippen molar-refractivity contribution in [3.8, 4) is 11.1 Å². The van der Waals surface area contributed by atoms with E-state index < -0.39 is 0 Å². The lowest BCUT2D eigenvalue weighted by Crippen LogP contribution is -1.99. The van der Waals surface area contributed by atoms with Crippen LogP contribution in [0, 0.1) is 0 Å². The number of rotatable bonds is 4. The summed E-state index contributed by atoms with van der Waals surface area (Å²) in [6, 6.07) is 18.0. The number of hydrogen-bond acceptors (Lipinski definition) is 5. The Labute approximate surface area is 151 Å². The molecule has 0 spiro atoms. The molecule has 3 aromatic rings. The molecule has 0 heterocycles. The summed E-state index contributed by atoms with van der Waals surface area (Å²) in [7, 11) is 0. The largest absolute Gasteiger partial charge is 0.397 e. The Hall–Kier alpha value is -3.73. The Kier molecular flexibility index (Phi) is 4.62. The van der Waals surface area contributed by atoms with Gasteiger partial charge in [0.25, 0.3) is 0 Å². The van der Waals surface area contributed by atoms with E-state index in [4.69, 9.17) is 22.9 Å². The van der Waals surface area contributed by atoms with Gasteiger partial charge in [0.2, 0.25) is 0 Å². The number of carbonyl (C=O) groups is 1. The van der Waals surface area contributed by atoms with E-state index in [0.717, 1.165) is 16.7 Å². The predicted octanol–water partition coefficient (Wildman–Crippen LogP) is 3.58. The Balaban J connectivity index is 1.93. The molecule has 0 atom stereocenters. The fraction of sp³-hybridized carbons (Fsp3) is 0. The maximum absolute atomic E-state index is 12.7. The van der Waals surface area contributed by atoms with E-state index in [1.54, 1.807) is 36.4 Å². The van der Waals surface area contributed by atoms with Crippen molar-refractivity contribution in [2.75, 3.05) is 22.9 Å². The fourth-order valence-electron chi connectivity index (χ4n) is 2.65. The SMILES string of the molecule is Nc1ccc(/C=C/C(=O)c2ccccc2-c2ccc(N)c(N)c2)cc1N. The number of ketones is 1. The molecule has 5 heteroatoms. The summed E-state index contributed by atoms with van der Waals surface area (Å²) in [6.45, 7) is 0. The zero-order valence-corrected chi connectivity index (χ0v) is 14.1. The van der Waals surface area contributed by atoms with Crippen molar-refractivity contribution < 1.29 is 4.79 Å². The summed E-state index contributed by atoms with van der Waals surface area (Å²) >= 11 is 0. The molecule has 0 radical (unpaired) electrons. The average Bonchev–Trinajstić information content (AvgIpc) is 2.64. The van der Waals surface area contributed by atoms with Gasteiger partial charge in [0.1, 0.15) is 0 Å². The van der Waals surface area contributed by atoms with Crippen molar-refractivity contribution >= 4 is 34.6 Å². The molecule has 5 nitrogen and oxygen atoms in total. The van der Waals surface area contributed by atoms with Crippen LogP contribution in [0.5, 0.6) is 0 Å². The lowest BCUT2D eigenvalue weighted by Gasteiger charge is -2.09. The number of benzene rings is 3. The summed E-state index contributed by atoms with van der Waals surface area (Å²) in [5, 5.41) is 0. The molecular formula is C21H20N4O. The number of hydrogen-bond donors (Lipinski definition) is 4. The minimum atomic E-state index is -0.119. The van der Waals surface area contributed by atoms with Crippen LogP contribution in [-0.2, 0) is 0 Å². The highest BCUT2D eigenvalue weighted by Gasteiger charge is 2.11. The fourth-order valence-corrected chi connectivity index (χ4v) is 2.65. The number of nitrogens with two attached hydrogens (primary N) is 4. The lowest BCUT2D eigenvalue weighted by atomic mass is 9.96. The predicted molar refractivity (Wildman–Crippen MR) is 109 cm³/mol. The molecule has 0 amide bonds. The van der Waals surface area contributed by atoms with Crippen molar-refractivity contribution in [3.63, 3.8) is 0 Å². The van der Waals surface area contributed by atoms with E-state index in [-0.39, 0.29) is 5.78 Å². The van der Waals surface area contributed by atoms with Gasteiger partial charge in [0, 0.05) is 5.56 Å². The van der Waals surface area contributed by atoms with Crippen molar-refractivity contribution in [2.24, 2.45) is 0 Å². The third-order valence-corrected chi connectivity index (χ3v) is 4.13. The first kappa shape index (κ1) is 17.1. The standard InChI is InChI=1S/C21H20N4O/c22-17-8-5-13(11-19(17)24)6-10-21(26)16-4-2-1-3-15(16)14-7-9-18(23)20(25)12-14/h1-12H,22-25H2/b10-6+. The Bertz CT molecular complexity index is 1010. The zero-order valence-electron chi connectivity index (χ0n) is 14.1. The minimum Gasteiger partial charge on any atom is -0.397 e. The molecule has 0 aliphatic rings. The van der Waals surface area contributed by atoms with Crippen LogP contribution in [-0.4, -0.2) is 5.78 Å². The van der Waals surface area contributed by atoms with E-state index in [9.17, 15) is 4.79 Å². The molecule has 26 heavy (non-hydrogen) atoms. The number of carbonyl (C=O) groups excluding carboxylic acids is 1. The van der Waals surface area contributed by atoms with E-state index in [0.29, 0.717) is 28.3 Å². The van der Waals surface area contributed by atoms with E-state index >= 15 is 0 Å². The van der Waals surface area contributed by atoms with E-state index in [2.05, 4.69) is 0 Å². The first-order valence-electron chi connectivity index (χ1n) is 8.07. The lowest BCUT2D eigenvalue weighted by molar-refractivity contribution is 0.104. The topological polar surface area (TPSA) is 121 Å². The van der Waals surface area contributed by atoms with E-state index in [1.807, 2.05) is 30.3 Å². The van der Waals surface area contributed by atoms with Crippen LogP contribution < -0.4 is 22.9 Å². The number of nitrogen functional groups attached to an aromatic ring is 4. The zero-order chi connectivity index (χ0) is 18.7. The van der Waals surface area contributed by atoms with Crippen molar-refractivity contribution in [2.45, 2.75) is 0 Å². The number of allylic oxidation sites excluding steroid dienone is 1. The molecule has 3 rings (SSSR count). The average molecular weight is 344 g/mol. The molecule has 0 saturated carbocycles.